The molecule has 1 amide bonds. The number of aromatic nitrogens is 4. The van der Waals surface area contributed by atoms with Crippen molar-refractivity contribution >= 4 is 58.0 Å². The molecule has 3 aliphatic rings. The second-order valence-corrected chi connectivity index (χ2v) is 15.3. The zero-order valence-electron chi connectivity index (χ0n) is 32.0. The Labute approximate surface area is 337 Å². The number of benzene rings is 4. The molecule has 8 bridgehead atoms. The molecule has 0 spiro atoms. The van der Waals surface area contributed by atoms with E-state index in [0.29, 0.717) is 0 Å². The minimum absolute atomic E-state index is 0.0112. The monoisotopic (exact) mass is 754 g/mol. The van der Waals surface area contributed by atoms with Crippen LogP contribution in [0.1, 0.15) is 48.5 Å². The van der Waals surface area contributed by atoms with Gasteiger partial charge in [0.2, 0.25) is 5.91 Å². The smallest absolute Gasteiger partial charge is 0.227 e. The van der Waals surface area contributed by atoms with Gasteiger partial charge < -0.3 is 21.0 Å². The van der Waals surface area contributed by atoms with Crippen molar-refractivity contribution in [2.45, 2.75) is 31.7 Å². The first-order chi connectivity index (χ1) is 28.6. The molecule has 0 unspecified atom stereocenters. The number of amides is 1. The third kappa shape index (κ3) is 6.76. The molecule has 282 valence electrons. The number of H-pyrrole nitrogens is 2. The summed E-state index contributed by atoms with van der Waals surface area (Å²) in [5.41, 5.74) is 22.2. The quantitative estimate of drug-likeness (QED) is 0.135. The van der Waals surface area contributed by atoms with Crippen LogP contribution in [0.2, 0.25) is 0 Å². The molecule has 0 atom stereocenters. The third-order valence-electron chi connectivity index (χ3n) is 11.5. The first-order valence-corrected chi connectivity index (χ1v) is 20.0. The lowest BCUT2D eigenvalue weighted by Crippen LogP contribution is -2.32. The second-order valence-electron chi connectivity index (χ2n) is 15.3. The summed E-state index contributed by atoms with van der Waals surface area (Å²) in [6, 6.07) is 48.2. The van der Waals surface area contributed by atoms with Gasteiger partial charge in [0.05, 0.1) is 22.8 Å². The highest BCUT2D eigenvalue weighted by atomic mass is 16.1. The number of carbonyl (C=O) groups excluding carboxylic acids is 1. The van der Waals surface area contributed by atoms with Crippen LogP contribution in [-0.2, 0) is 4.79 Å². The van der Waals surface area contributed by atoms with Crippen molar-refractivity contribution in [2.24, 2.45) is 11.7 Å². The zero-order chi connectivity index (χ0) is 39.0. The van der Waals surface area contributed by atoms with Crippen LogP contribution in [0.5, 0.6) is 0 Å². The Balaban J connectivity index is 1.23. The molecule has 2 aliphatic heterocycles. The van der Waals surface area contributed by atoms with Gasteiger partial charge in [-0.15, -0.1) is 0 Å². The van der Waals surface area contributed by atoms with Gasteiger partial charge in [0.25, 0.3) is 0 Å². The van der Waals surface area contributed by atoms with Crippen LogP contribution >= 0.6 is 0 Å². The molecule has 7 heteroatoms. The summed E-state index contributed by atoms with van der Waals surface area (Å²) in [4.78, 5) is 31.6. The van der Waals surface area contributed by atoms with E-state index < -0.39 is 0 Å². The Kier molecular flexibility index (Phi) is 9.20. The Bertz CT molecular complexity index is 2840. The number of rotatable bonds is 6. The normalized spacial score (nSPS) is 16.0. The fraction of sp³-hybridized carbons (Fsp3) is 0.118. The van der Waals surface area contributed by atoms with Gasteiger partial charge >= 0.3 is 0 Å². The Morgan fingerprint density at radius 3 is 1.17 bits per heavy atom. The number of anilines is 1. The summed E-state index contributed by atoms with van der Waals surface area (Å²) >= 11 is 0. The van der Waals surface area contributed by atoms with Crippen molar-refractivity contribution in [3.8, 4) is 44.5 Å². The number of aromatic amines is 2. The van der Waals surface area contributed by atoms with E-state index in [4.69, 9.17) is 15.7 Å². The molecule has 1 fully saturated rings. The maximum Gasteiger partial charge on any atom is 0.227 e. The van der Waals surface area contributed by atoms with Gasteiger partial charge in [-0.3, -0.25) is 4.79 Å². The minimum atomic E-state index is -0.0112. The SMILES string of the molecule is NC1CCC(C(=O)Nc2ccc(-c3c4nc(c(-c5ccccc5)c5ccc([nH]5)c(-c5ccccc5)c5nc(c(-c6ccccc6)c6ccc3[nH]6)C=C5)C=C4)cc2)CC1. The van der Waals surface area contributed by atoms with Crippen LogP contribution in [0.15, 0.2) is 140 Å². The molecule has 5 heterocycles. The van der Waals surface area contributed by atoms with Crippen molar-refractivity contribution < 1.29 is 4.79 Å². The maximum atomic E-state index is 13.2. The molecule has 0 radical (unpaired) electrons. The summed E-state index contributed by atoms with van der Waals surface area (Å²) in [6.07, 6.45) is 11.9. The lowest BCUT2D eigenvalue weighted by Gasteiger charge is -2.25. The lowest BCUT2D eigenvalue weighted by molar-refractivity contribution is -0.120. The van der Waals surface area contributed by atoms with Gasteiger partial charge in [0.15, 0.2) is 0 Å². The summed E-state index contributed by atoms with van der Waals surface area (Å²) in [5, 5.41) is 3.17. The second kappa shape index (κ2) is 15.1. The Morgan fingerprint density at radius 1 is 0.466 bits per heavy atom. The first-order valence-electron chi connectivity index (χ1n) is 20.0. The Morgan fingerprint density at radius 2 is 0.810 bits per heavy atom. The van der Waals surface area contributed by atoms with Crippen LogP contribution in [0.3, 0.4) is 0 Å². The Hall–Kier alpha value is -7.09. The van der Waals surface area contributed by atoms with Gasteiger partial charge in [-0.05, 0) is 109 Å². The fourth-order valence-corrected chi connectivity index (χ4v) is 8.58. The van der Waals surface area contributed by atoms with Crippen LogP contribution in [0.4, 0.5) is 5.69 Å². The van der Waals surface area contributed by atoms with E-state index in [1.807, 2.05) is 30.3 Å². The topological polar surface area (TPSA) is 112 Å². The van der Waals surface area contributed by atoms with Gasteiger partial charge in [0.1, 0.15) is 0 Å². The van der Waals surface area contributed by atoms with Crippen molar-refractivity contribution in [1.29, 1.82) is 0 Å². The fourth-order valence-electron chi connectivity index (χ4n) is 8.58. The number of fused-ring (bicyclic) bond motifs is 8. The van der Waals surface area contributed by atoms with Crippen LogP contribution in [-0.4, -0.2) is 31.9 Å². The molecule has 7 aromatic rings. The molecule has 1 saturated carbocycles. The molecule has 5 N–H and O–H groups in total. The molecule has 4 aromatic carbocycles. The molecule has 7 nitrogen and oxygen atoms in total. The van der Waals surface area contributed by atoms with E-state index in [2.05, 4.69) is 149 Å². The van der Waals surface area contributed by atoms with E-state index in [1.165, 1.54) is 0 Å². The van der Waals surface area contributed by atoms with Gasteiger partial charge in [0, 0.05) is 62.0 Å². The highest BCUT2D eigenvalue weighted by molar-refractivity contribution is 6.00. The third-order valence-corrected chi connectivity index (χ3v) is 11.5. The first kappa shape index (κ1) is 35.3. The number of nitrogens with two attached hydrogens (primary N) is 1. The molecule has 0 saturated heterocycles. The van der Waals surface area contributed by atoms with Crippen molar-refractivity contribution in [3.63, 3.8) is 0 Å². The van der Waals surface area contributed by atoms with E-state index >= 15 is 0 Å². The zero-order valence-corrected chi connectivity index (χ0v) is 32.0. The van der Waals surface area contributed by atoms with Gasteiger partial charge in [-0.2, -0.15) is 0 Å². The van der Waals surface area contributed by atoms with Crippen LogP contribution in [0.25, 0.3) is 90.9 Å². The number of carbonyl (C=O) groups is 1. The average molecular weight is 755 g/mol. The summed E-state index contributed by atoms with van der Waals surface area (Å²) in [5.74, 6) is 0.0504. The van der Waals surface area contributed by atoms with Crippen LogP contribution in [0, 0.1) is 5.92 Å². The predicted molar refractivity (Wildman–Crippen MR) is 239 cm³/mol. The molecular formula is C51H42N6O. The summed E-state index contributed by atoms with van der Waals surface area (Å²) in [7, 11) is 0. The summed E-state index contributed by atoms with van der Waals surface area (Å²) < 4.78 is 0. The van der Waals surface area contributed by atoms with E-state index in [-0.39, 0.29) is 17.9 Å². The largest absolute Gasteiger partial charge is 0.354 e. The standard InChI is InChI=1S/C51H42N6O/c52-37-20-16-36(17-21-37)51(58)53-38-22-18-35(19-23-38)50-45-30-28-43(56-45)48(33-12-6-2-7-13-33)41-26-24-39(54-41)47(32-10-4-1-5-11-32)40-25-27-42(55-40)49(34-14-8-3-9-15-34)44-29-31-46(50)57-44/h1-15,18-19,22-31,36-37,54,57H,16-17,20-21,52H2,(H,53,58). The van der Waals surface area contributed by atoms with Crippen molar-refractivity contribution in [3.05, 3.63) is 162 Å². The van der Waals surface area contributed by atoms with Gasteiger partial charge in [-0.1, -0.05) is 103 Å². The molecule has 3 aromatic heterocycles. The molecule has 1 aliphatic carbocycles. The van der Waals surface area contributed by atoms with Crippen molar-refractivity contribution in [1.82, 2.24) is 19.9 Å². The van der Waals surface area contributed by atoms with E-state index in [9.17, 15) is 4.79 Å². The molecule has 10 rings (SSSR count). The predicted octanol–water partition coefficient (Wildman–Crippen LogP) is 11.8. The van der Waals surface area contributed by atoms with Crippen LogP contribution < -0.4 is 11.1 Å². The maximum absolute atomic E-state index is 13.2. The number of nitrogens with zero attached hydrogens (tertiary/aromatic N) is 2. The van der Waals surface area contributed by atoms with E-state index in [0.717, 1.165) is 121 Å². The van der Waals surface area contributed by atoms with Crippen molar-refractivity contribution in [2.75, 3.05) is 5.32 Å². The highest BCUT2D eigenvalue weighted by Crippen LogP contribution is 2.38. The molecule has 58 heavy (non-hydrogen) atoms. The van der Waals surface area contributed by atoms with Gasteiger partial charge in [-0.25, -0.2) is 9.97 Å². The molecular weight excluding hydrogens is 713 g/mol. The lowest BCUT2D eigenvalue weighted by atomic mass is 9.86. The minimum Gasteiger partial charge on any atom is -0.354 e. The summed E-state index contributed by atoms with van der Waals surface area (Å²) in [6.45, 7) is 0. The highest BCUT2D eigenvalue weighted by Gasteiger charge is 2.25. The number of hydrogen-bond donors (Lipinski definition) is 4. The van der Waals surface area contributed by atoms with E-state index in [1.54, 1.807) is 0 Å². The number of nitrogens with one attached hydrogen (secondary N) is 3. The number of hydrogen-bond acceptors (Lipinski definition) is 4. The average Bonchev–Trinajstić information content (AvgIpc) is 4.11.